The van der Waals surface area contributed by atoms with Crippen molar-refractivity contribution in [3.8, 4) is 17.2 Å². The first-order valence-electron chi connectivity index (χ1n) is 10.4. The van der Waals surface area contributed by atoms with E-state index >= 15 is 0 Å². The predicted molar refractivity (Wildman–Crippen MR) is 136 cm³/mol. The van der Waals surface area contributed by atoms with Crippen LogP contribution >= 0.6 is 23.2 Å². The molecule has 4 rings (SSSR count). The Morgan fingerprint density at radius 3 is 2.44 bits per heavy atom. The van der Waals surface area contributed by atoms with Crippen LogP contribution < -0.4 is 25.0 Å². The van der Waals surface area contributed by atoms with E-state index in [1.165, 1.54) is 56.7 Å². The molecular weight excluding hydrogens is 509 g/mol. The summed E-state index contributed by atoms with van der Waals surface area (Å²) < 4.78 is 10.5. The van der Waals surface area contributed by atoms with Gasteiger partial charge in [0.15, 0.2) is 0 Å². The van der Waals surface area contributed by atoms with Crippen molar-refractivity contribution in [3.63, 3.8) is 0 Å². The summed E-state index contributed by atoms with van der Waals surface area (Å²) in [7, 11) is 2.88. The molecule has 1 heterocycles. The highest BCUT2D eigenvalue weighted by molar-refractivity contribution is 6.53. The fraction of sp³-hybridized carbons (Fsp3) is 0.0800. The SMILES string of the molecule is COc1ccc(N2C(=O)C(Cl)=C(Nc3cccc(C(=O)Nc4cc(Cl)ccc4O)c3)C2=O)c(OC)c1. The summed E-state index contributed by atoms with van der Waals surface area (Å²) in [5, 5.41) is 15.4. The number of nitrogens with zero attached hydrogens (tertiary/aromatic N) is 1. The Labute approximate surface area is 215 Å². The van der Waals surface area contributed by atoms with Crippen LogP contribution in [-0.2, 0) is 9.59 Å². The molecule has 0 atom stereocenters. The molecule has 3 N–H and O–H groups in total. The van der Waals surface area contributed by atoms with Crippen LogP contribution in [0.15, 0.2) is 71.4 Å². The van der Waals surface area contributed by atoms with Crippen molar-refractivity contribution >= 4 is 58.0 Å². The number of imide groups is 1. The van der Waals surface area contributed by atoms with E-state index in [1.54, 1.807) is 18.2 Å². The summed E-state index contributed by atoms with van der Waals surface area (Å²) in [6.45, 7) is 0. The largest absolute Gasteiger partial charge is 0.506 e. The monoisotopic (exact) mass is 527 g/mol. The number of carbonyl (C=O) groups is 3. The third-order valence-corrected chi connectivity index (χ3v) is 5.84. The zero-order valence-corrected chi connectivity index (χ0v) is 20.5. The Morgan fingerprint density at radius 1 is 0.944 bits per heavy atom. The fourth-order valence-electron chi connectivity index (χ4n) is 3.49. The van der Waals surface area contributed by atoms with Gasteiger partial charge in [-0.05, 0) is 48.5 Å². The highest BCUT2D eigenvalue weighted by Crippen LogP contribution is 2.37. The van der Waals surface area contributed by atoms with Gasteiger partial charge in [0.25, 0.3) is 17.7 Å². The zero-order chi connectivity index (χ0) is 26.0. The number of ether oxygens (including phenoxy) is 2. The Morgan fingerprint density at radius 2 is 1.72 bits per heavy atom. The van der Waals surface area contributed by atoms with Gasteiger partial charge in [0.1, 0.15) is 28.0 Å². The van der Waals surface area contributed by atoms with Gasteiger partial charge in [0, 0.05) is 22.3 Å². The molecule has 0 fully saturated rings. The third kappa shape index (κ3) is 4.79. The Balaban J connectivity index is 1.57. The number of hydrogen-bond acceptors (Lipinski definition) is 7. The molecule has 1 aliphatic rings. The molecule has 184 valence electrons. The van der Waals surface area contributed by atoms with Crippen LogP contribution in [0.25, 0.3) is 0 Å². The molecule has 0 aliphatic carbocycles. The molecule has 36 heavy (non-hydrogen) atoms. The molecule has 11 heteroatoms. The third-order valence-electron chi connectivity index (χ3n) is 5.26. The summed E-state index contributed by atoms with van der Waals surface area (Å²) in [4.78, 5) is 39.7. The van der Waals surface area contributed by atoms with E-state index in [4.69, 9.17) is 32.7 Å². The number of benzene rings is 3. The van der Waals surface area contributed by atoms with Gasteiger partial charge in [-0.1, -0.05) is 29.3 Å². The van der Waals surface area contributed by atoms with Crippen LogP contribution in [0.4, 0.5) is 17.1 Å². The summed E-state index contributed by atoms with van der Waals surface area (Å²) >= 11 is 12.2. The lowest BCUT2D eigenvalue weighted by atomic mass is 10.1. The maximum atomic E-state index is 13.2. The lowest BCUT2D eigenvalue weighted by Gasteiger charge is -2.18. The standard InChI is InChI=1S/C25H19Cl2N3O6/c1-35-16-7-8-18(20(12-16)36-2)30-24(33)21(27)22(25(30)34)28-15-5-3-4-13(10-15)23(32)29-17-11-14(26)6-9-19(17)31/h3-12,28,31H,1-2H3,(H,29,32). The van der Waals surface area contributed by atoms with Crippen LogP contribution in [0.2, 0.25) is 5.02 Å². The second kappa shape index (κ2) is 10.2. The molecule has 3 amide bonds. The summed E-state index contributed by atoms with van der Waals surface area (Å²) in [6.07, 6.45) is 0. The Bertz CT molecular complexity index is 1420. The molecule has 0 aromatic heterocycles. The second-order valence-corrected chi connectivity index (χ2v) is 8.31. The average molecular weight is 528 g/mol. The van der Waals surface area contributed by atoms with Crippen LogP contribution in [0, 0.1) is 0 Å². The van der Waals surface area contributed by atoms with Crippen LogP contribution in [-0.4, -0.2) is 37.0 Å². The molecule has 3 aromatic carbocycles. The quantitative estimate of drug-likeness (QED) is 0.299. The van der Waals surface area contributed by atoms with Gasteiger partial charge in [-0.2, -0.15) is 0 Å². The van der Waals surface area contributed by atoms with Crippen molar-refractivity contribution in [1.82, 2.24) is 0 Å². The maximum Gasteiger partial charge on any atom is 0.283 e. The number of carbonyl (C=O) groups excluding carboxylic acids is 3. The van der Waals surface area contributed by atoms with E-state index in [1.807, 2.05) is 0 Å². The minimum absolute atomic E-state index is 0.136. The number of halogens is 2. The van der Waals surface area contributed by atoms with Crippen molar-refractivity contribution in [3.05, 3.63) is 82.0 Å². The van der Waals surface area contributed by atoms with Crippen molar-refractivity contribution in [2.24, 2.45) is 0 Å². The predicted octanol–water partition coefficient (Wildman–Crippen LogP) is 4.75. The molecule has 9 nitrogen and oxygen atoms in total. The zero-order valence-electron chi connectivity index (χ0n) is 19.0. The van der Waals surface area contributed by atoms with Crippen molar-refractivity contribution in [1.29, 1.82) is 0 Å². The van der Waals surface area contributed by atoms with Gasteiger partial charge >= 0.3 is 0 Å². The molecule has 0 saturated carbocycles. The molecule has 3 aromatic rings. The van der Waals surface area contributed by atoms with Gasteiger partial charge in [0.2, 0.25) is 0 Å². The summed E-state index contributed by atoms with van der Waals surface area (Å²) in [5.74, 6) is -1.40. The maximum absolute atomic E-state index is 13.2. The topological polar surface area (TPSA) is 117 Å². The number of phenols is 1. The highest BCUT2D eigenvalue weighted by Gasteiger charge is 2.40. The molecule has 0 unspecified atom stereocenters. The number of aromatic hydroxyl groups is 1. The van der Waals surface area contributed by atoms with Crippen molar-refractivity contribution in [2.45, 2.75) is 0 Å². The average Bonchev–Trinajstić information content (AvgIpc) is 3.08. The van der Waals surface area contributed by atoms with E-state index in [0.717, 1.165) is 4.90 Å². The highest BCUT2D eigenvalue weighted by atomic mass is 35.5. The van der Waals surface area contributed by atoms with Gasteiger partial charge in [0.05, 0.1) is 25.6 Å². The summed E-state index contributed by atoms with van der Waals surface area (Å²) in [6, 6.07) is 15.1. The van der Waals surface area contributed by atoms with Gasteiger partial charge in [-0.3, -0.25) is 14.4 Å². The Kier molecular flexibility index (Phi) is 7.05. The van der Waals surface area contributed by atoms with Gasteiger partial charge in [-0.15, -0.1) is 0 Å². The van der Waals surface area contributed by atoms with E-state index in [9.17, 15) is 19.5 Å². The van der Waals surface area contributed by atoms with Crippen LogP contribution in [0.1, 0.15) is 10.4 Å². The van der Waals surface area contributed by atoms with Crippen molar-refractivity contribution < 1.29 is 29.0 Å². The van der Waals surface area contributed by atoms with E-state index in [0.29, 0.717) is 16.5 Å². The first-order valence-corrected chi connectivity index (χ1v) is 11.2. The number of nitrogens with one attached hydrogen (secondary N) is 2. The number of rotatable bonds is 7. The number of amides is 3. The molecule has 0 radical (unpaired) electrons. The first-order chi connectivity index (χ1) is 17.2. The molecule has 0 spiro atoms. The Hall–Kier alpha value is -4.21. The van der Waals surface area contributed by atoms with Crippen LogP contribution in [0.3, 0.4) is 0 Å². The molecule has 0 bridgehead atoms. The van der Waals surface area contributed by atoms with Crippen molar-refractivity contribution in [2.75, 3.05) is 29.8 Å². The summed E-state index contributed by atoms with van der Waals surface area (Å²) in [5.41, 5.74) is 0.705. The first kappa shape index (κ1) is 24.9. The number of anilines is 3. The fourth-order valence-corrected chi connectivity index (χ4v) is 3.87. The number of methoxy groups -OCH3 is 2. The number of phenolic OH excluding ortho intramolecular Hbond substituents is 1. The lowest BCUT2D eigenvalue weighted by Crippen LogP contribution is -2.32. The minimum Gasteiger partial charge on any atom is -0.506 e. The molecule has 1 aliphatic heterocycles. The molecule has 0 saturated heterocycles. The van der Waals surface area contributed by atoms with Gasteiger partial charge in [-0.25, -0.2) is 4.90 Å². The number of hydrogen-bond donors (Lipinski definition) is 3. The smallest absolute Gasteiger partial charge is 0.283 e. The normalized spacial score (nSPS) is 13.2. The lowest BCUT2D eigenvalue weighted by molar-refractivity contribution is -0.120. The van der Waals surface area contributed by atoms with E-state index in [2.05, 4.69) is 10.6 Å². The molecular formula is C25H19Cl2N3O6. The minimum atomic E-state index is -0.738. The van der Waals surface area contributed by atoms with E-state index < -0.39 is 17.7 Å². The van der Waals surface area contributed by atoms with Gasteiger partial charge < -0.3 is 25.2 Å². The van der Waals surface area contributed by atoms with E-state index in [-0.39, 0.29) is 39.2 Å². The van der Waals surface area contributed by atoms with Crippen LogP contribution in [0.5, 0.6) is 17.2 Å². The second-order valence-electron chi connectivity index (χ2n) is 7.49.